The maximum atomic E-state index is 11.2. The molecule has 4 atom stereocenters. The lowest BCUT2D eigenvalue weighted by Gasteiger charge is -2.42. The Kier molecular flexibility index (Phi) is 3.05. The summed E-state index contributed by atoms with van der Waals surface area (Å²) < 4.78 is 31.6. The third-order valence-electron chi connectivity index (χ3n) is 3.98. The van der Waals surface area contributed by atoms with Crippen molar-refractivity contribution in [3.05, 3.63) is 0 Å². The Bertz CT molecular complexity index is 324. The molecule has 2 fully saturated rings. The van der Waals surface area contributed by atoms with Crippen molar-refractivity contribution in [1.82, 2.24) is 0 Å². The Morgan fingerprint density at radius 3 is 2.13 bits per heavy atom. The van der Waals surface area contributed by atoms with E-state index >= 15 is 0 Å². The van der Waals surface area contributed by atoms with E-state index in [1.54, 1.807) is 0 Å². The summed E-state index contributed by atoms with van der Waals surface area (Å²) in [6.07, 6.45) is 4.35. The first-order valence-corrected chi connectivity index (χ1v) is 7.15. The van der Waals surface area contributed by atoms with Gasteiger partial charge in [-0.15, -0.1) is 0 Å². The predicted octanol–water partition coefficient (Wildman–Crippen LogP) is 1.20. The third kappa shape index (κ3) is 2.19. The zero-order valence-electron chi connectivity index (χ0n) is 8.67. The van der Waals surface area contributed by atoms with Crippen molar-refractivity contribution >= 4 is 10.1 Å². The fourth-order valence-electron chi connectivity index (χ4n) is 3.26. The normalized spacial score (nSPS) is 42.3. The van der Waals surface area contributed by atoms with Crippen LogP contribution in [-0.4, -0.2) is 29.4 Å². The number of fused-ring (bicyclic) bond motifs is 1. The zero-order valence-corrected chi connectivity index (χ0v) is 9.49. The lowest BCUT2D eigenvalue weighted by Crippen LogP contribution is -2.45. The van der Waals surface area contributed by atoms with Crippen molar-refractivity contribution in [3.8, 4) is 0 Å². The lowest BCUT2D eigenvalue weighted by molar-refractivity contribution is 0.0114. The molecule has 2 saturated carbocycles. The standard InChI is InChI=1S/C10H18O4S/c11-9-5-6-10(15(12,13)14)8-4-2-1-3-7(8)9/h7-11H,1-6H2,(H,12,13,14). The van der Waals surface area contributed by atoms with Crippen molar-refractivity contribution in [2.45, 2.75) is 49.9 Å². The molecule has 2 aliphatic rings. The minimum absolute atomic E-state index is 0.0301. The van der Waals surface area contributed by atoms with E-state index in [0.717, 1.165) is 25.7 Å². The van der Waals surface area contributed by atoms with Crippen LogP contribution in [0, 0.1) is 11.8 Å². The zero-order chi connectivity index (χ0) is 11.1. The van der Waals surface area contributed by atoms with Gasteiger partial charge in [-0.2, -0.15) is 8.42 Å². The van der Waals surface area contributed by atoms with Gasteiger partial charge < -0.3 is 5.11 Å². The van der Waals surface area contributed by atoms with E-state index in [1.807, 2.05) is 0 Å². The summed E-state index contributed by atoms with van der Waals surface area (Å²) in [5, 5.41) is 9.18. The highest BCUT2D eigenvalue weighted by molar-refractivity contribution is 7.86. The number of aliphatic hydroxyl groups is 1. The highest BCUT2D eigenvalue weighted by Crippen LogP contribution is 2.42. The second-order valence-electron chi connectivity index (χ2n) is 4.81. The topological polar surface area (TPSA) is 74.6 Å². The van der Waals surface area contributed by atoms with Crippen molar-refractivity contribution in [2.75, 3.05) is 0 Å². The molecule has 4 unspecified atom stereocenters. The molecule has 5 heteroatoms. The minimum Gasteiger partial charge on any atom is -0.393 e. The maximum absolute atomic E-state index is 11.2. The molecule has 0 aromatic rings. The molecule has 2 N–H and O–H groups in total. The monoisotopic (exact) mass is 234 g/mol. The molecule has 0 aromatic carbocycles. The van der Waals surface area contributed by atoms with Crippen molar-refractivity contribution in [2.24, 2.45) is 11.8 Å². The number of aliphatic hydroxyl groups excluding tert-OH is 1. The largest absolute Gasteiger partial charge is 0.393 e. The van der Waals surface area contributed by atoms with Gasteiger partial charge in [-0.25, -0.2) is 0 Å². The van der Waals surface area contributed by atoms with E-state index in [1.165, 1.54) is 0 Å². The third-order valence-corrected chi connectivity index (χ3v) is 5.33. The van der Waals surface area contributed by atoms with E-state index in [4.69, 9.17) is 4.55 Å². The minimum atomic E-state index is -3.93. The quantitative estimate of drug-likeness (QED) is 0.669. The molecule has 15 heavy (non-hydrogen) atoms. The van der Waals surface area contributed by atoms with E-state index in [-0.39, 0.29) is 17.9 Å². The maximum Gasteiger partial charge on any atom is 0.268 e. The molecule has 0 heterocycles. The van der Waals surface area contributed by atoms with Gasteiger partial charge in [0.15, 0.2) is 0 Å². The molecule has 2 aliphatic carbocycles. The molecule has 0 bridgehead atoms. The van der Waals surface area contributed by atoms with E-state index < -0.39 is 15.4 Å². The van der Waals surface area contributed by atoms with E-state index in [9.17, 15) is 13.5 Å². The summed E-state index contributed by atoms with van der Waals surface area (Å²) in [5.41, 5.74) is 0. The molecular formula is C10H18O4S. The van der Waals surface area contributed by atoms with Crippen LogP contribution in [0.5, 0.6) is 0 Å². The van der Waals surface area contributed by atoms with Gasteiger partial charge in [0.05, 0.1) is 11.4 Å². The Hall–Kier alpha value is -0.130. The lowest BCUT2D eigenvalue weighted by atomic mass is 9.69. The average Bonchev–Trinajstić information content (AvgIpc) is 2.17. The summed E-state index contributed by atoms with van der Waals surface area (Å²) in [7, 11) is -3.93. The molecule has 4 nitrogen and oxygen atoms in total. The van der Waals surface area contributed by atoms with Crippen LogP contribution < -0.4 is 0 Å². The van der Waals surface area contributed by atoms with Gasteiger partial charge in [-0.1, -0.05) is 12.8 Å². The smallest absolute Gasteiger partial charge is 0.268 e. The first-order chi connectivity index (χ1) is 7.00. The molecule has 88 valence electrons. The molecule has 0 aromatic heterocycles. The van der Waals surface area contributed by atoms with Gasteiger partial charge in [-0.05, 0) is 37.5 Å². The number of rotatable bonds is 1. The first kappa shape index (κ1) is 11.4. The van der Waals surface area contributed by atoms with Crippen LogP contribution in [0.15, 0.2) is 0 Å². The van der Waals surface area contributed by atoms with Crippen LogP contribution in [0.1, 0.15) is 38.5 Å². The molecule has 0 amide bonds. The van der Waals surface area contributed by atoms with E-state index in [0.29, 0.717) is 12.8 Å². The SMILES string of the molecule is O=S(=O)(O)C1CCC(O)C2CCCCC21. The summed E-state index contributed by atoms with van der Waals surface area (Å²) in [6.45, 7) is 0. The van der Waals surface area contributed by atoms with E-state index in [2.05, 4.69) is 0 Å². The van der Waals surface area contributed by atoms with Crippen molar-refractivity contribution < 1.29 is 18.1 Å². The van der Waals surface area contributed by atoms with Gasteiger partial charge in [-0.3, -0.25) is 4.55 Å². The second kappa shape index (κ2) is 4.03. The Morgan fingerprint density at radius 2 is 1.53 bits per heavy atom. The predicted molar refractivity (Wildman–Crippen MR) is 56.0 cm³/mol. The van der Waals surface area contributed by atoms with Gasteiger partial charge >= 0.3 is 0 Å². The van der Waals surface area contributed by atoms with Crippen LogP contribution in [-0.2, 0) is 10.1 Å². The van der Waals surface area contributed by atoms with Gasteiger partial charge in [0.1, 0.15) is 0 Å². The molecule has 2 rings (SSSR count). The average molecular weight is 234 g/mol. The fraction of sp³-hybridized carbons (Fsp3) is 1.00. The highest BCUT2D eigenvalue weighted by Gasteiger charge is 2.44. The van der Waals surface area contributed by atoms with Gasteiger partial charge in [0, 0.05) is 0 Å². The van der Waals surface area contributed by atoms with Crippen LogP contribution in [0.4, 0.5) is 0 Å². The number of hydrogen-bond donors (Lipinski definition) is 2. The van der Waals surface area contributed by atoms with Crippen LogP contribution in [0.2, 0.25) is 0 Å². The Balaban J connectivity index is 2.21. The van der Waals surface area contributed by atoms with Gasteiger partial charge in [0.2, 0.25) is 0 Å². The Labute approximate surface area is 90.4 Å². The summed E-state index contributed by atoms with van der Waals surface area (Å²) in [6, 6.07) is 0. The highest BCUT2D eigenvalue weighted by atomic mass is 32.2. The summed E-state index contributed by atoms with van der Waals surface area (Å²) in [4.78, 5) is 0. The van der Waals surface area contributed by atoms with Crippen molar-refractivity contribution in [1.29, 1.82) is 0 Å². The molecular weight excluding hydrogens is 216 g/mol. The summed E-state index contributed by atoms with van der Waals surface area (Å²) in [5.74, 6) is 0.0527. The van der Waals surface area contributed by atoms with Gasteiger partial charge in [0.25, 0.3) is 10.1 Å². The fourth-order valence-corrected chi connectivity index (χ4v) is 4.47. The van der Waals surface area contributed by atoms with Crippen molar-refractivity contribution in [3.63, 3.8) is 0 Å². The first-order valence-electron chi connectivity index (χ1n) is 5.64. The summed E-state index contributed by atoms with van der Waals surface area (Å²) >= 11 is 0. The molecule has 0 aliphatic heterocycles. The van der Waals surface area contributed by atoms with Crippen LogP contribution >= 0.6 is 0 Å². The van der Waals surface area contributed by atoms with Crippen LogP contribution in [0.3, 0.4) is 0 Å². The second-order valence-corrected chi connectivity index (χ2v) is 6.45. The Morgan fingerprint density at radius 1 is 0.933 bits per heavy atom. The number of hydrogen-bond acceptors (Lipinski definition) is 3. The molecule has 0 saturated heterocycles. The molecule has 0 radical (unpaired) electrons. The molecule has 0 spiro atoms. The van der Waals surface area contributed by atoms with Crippen LogP contribution in [0.25, 0.3) is 0 Å².